The van der Waals surface area contributed by atoms with Crippen molar-refractivity contribution in [3.8, 4) is 0 Å². The Labute approximate surface area is 73.3 Å². The van der Waals surface area contributed by atoms with Crippen LogP contribution in [0.2, 0.25) is 0 Å². The molecule has 0 spiro atoms. The number of rotatable bonds is 3. The summed E-state index contributed by atoms with van der Waals surface area (Å²) in [6.45, 7) is 2.07. The molecule has 2 nitrogen and oxygen atoms in total. The van der Waals surface area contributed by atoms with E-state index in [1.54, 1.807) is 0 Å². The summed E-state index contributed by atoms with van der Waals surface area (Å²) in [6.07, 6.45) is 10.9. The molecule has 1 aliphatic rings. The number of hydrogen-bond acceptors (Lipinski definition) is 2. The first-order valence-corrected chi connectivity index (χ1v) is 4.32. The van der Waals surface area contributed by atoms with Gasteiger partial charge in [-0.25, -0.2) is 0 Å². The average Bonchev–Trinajstić information content (AvgIpc) is 2.32. The van der Waals surface area contributed by atoms with Gasteiger partial charge in [0.05, 0.1) is 6.10 Å². The quantitative estimate of drug-likeness (QED) is 0.667. The lowest BCUT2D eigenvalue weighted by Crippen LogP contribution is -2.07. The van der Waals surface area contributed by atoms with Crippen molar-refractivity contribution in [3.05, 3.63) is 36.2 Å². The Hall–Kier alpha value is -1.02. The summed E-state index contributed by atoms with van der Waals surface area (Å²) < 4.78 is 0. The van der Waals surface area contributed by atoms with E-state index >= 15 is 0 Å². The van der Waals surface area contributed by atoms with E-state index in [0.717, 1.165) is 18.4 Å². The van der Waals surface area contributed by atoms with Crippen molar-refractivity contribution in [3.63, 3.8) is 0 Å². The number of nitrogens with one attached hydrogen (secondary N) is 1. The predicted octanol–water partition coefficient (Wildman–Crippen LogP) is 1.70. The first kappa shape index (κ1) is 9.07. The third-order valence-corrected chi connectivity index (χ3v) is 1.80. The number of aliphatic hydroxyl groups excluding tert-OH is 1. The number of allylic oxidation sites excluding steroid dienone is 2. The minimum absolute atomic E-state index is 0.323. The van der Waals surface area contributed by atoms with E-state index < -0.39 is 0 Å². The van der Waals surface area contributed by atoms with E-state index in [-0.39, 0.29) is 6.10 Å². The minimum Gasteiger partial charge on any atom is -0.388 e. The van der Waals surface area contributed by atoms with Crippen molar-refractivity contribution < 1.29 is 5.11 Å². The van der Waals surface area contributed by atoms with Crippen LogP contribution in [0, 0.1) is 0 Å². The van der Waals surface area contributed by atoms with Crippen molar-refractivity contribution in [1.29, 1.82) is 0 Å². The summed E-state index contributed by atoms with van der Waals surface area (Å²) in [4.78, 5) is 0. The molecule has 1 unspecified atom stereocenters. The standard InChI is InChI=1S/C10H15NO/c1-2-4-10(12)9-5-3-7-11-8-6-9/h3,5-8,10-12H,2,4H2,1H3. The van der Waals surface area contributed by atoms with Crippen LogP contribution in [0.5, 0.6) is 0 Å². The van der Waals surface area contributed by atoms with E-state index in [1.807, 2.05) is 30.6 Å². The molecule has 0 aromatic carbocycles. The van der Waals surface area contributed by atoms with Crippen molar-refractivity contribution in [2.24, 2.45) is 0 Å². The zero-order valence-electron chi connectivity index (χ0n) is 7.33. The monoisotopic (exact) mass is 165 g/mol. The molecule has 2 N–H and O–H groups in total. The second kappa shape index (κ2) is 4.78. The SMILES string of the molecule is CCCC(O)C1=CC=CNC=C1. The topological polar surface area (TPSA) is 32.3 Å². The molecule has 0 saturated carbocycles. The predicted molar refractivity (Wildman–Crippen MR) is 50.4 cm³/mol. The highest BCUT2D eigenvalue weighted by molar-refractivity contribution is 5.29. The fourth-order valence-electron chi connectivity index (χ4n) is 1.13. The van der Waals surface area contributed by atoms with E-state index in [1.165, 1.54) is 0 Å². The molecule has 0 fully saturated rings. The molecule has 0 aromatic rings. The maximum absolute atomic E-state index is 9.62. The third kappa shape index (κ3) is 2.55. The molecule has 0 bridgehead atoms. The first-order chi connectivity index (χ1) is 5.84. The first-order valence-electron chi connectivity index (χ1n) is 4.32. The lowest BCUT2D eigenvalue weighted by Gasteiger charge is -2.08. The lowest BCUT2D eigenvalue weighted by molar-refractivity contribution is 0.203. The summed E-state index contributed by atoms with van der Waals surface area (Å²) in [7, 11) is 0. The van der Waals surface area contributed by atoms with Crippen LogP contribution in [0.4, 0.5) is 0 Å². The van der Waals surface area contributed by atoms with Crippen LogP contribution in [-0.4, -0.2) is 11.2 Å². The molecule has 12 heavy (non-hydrogen) atoms. The fraction of sp³-hybridized carbons (Fsp3) is 0.400. The maximum atomic E-state index is 9.62. The second-order valence-corrected chi connectivity index (χ2v) is 2.83. The highest BCUT2D eigenvalue weighted by Crippen LogP contribution is 2.11. The van der Waals surface area contributed by atoms with Crippen molar-refractivity contribution >= 4 is 0 Å². The van der Waals surface area contributed by atoms with Gasteiger partial charge in [-0.15, -0.1) is 0 Å². The van der Waals surface area contributed by atoms with Gasteiger partial charge in [-0.3, -0.25) is 0 Å². The zero-order chi connectivity index (χ0) is 8.81. The molecule has 0 amide bonds. The van der Waals surface area contributed by atoms with E-state index in [0.29, 0.717) is 0 Å². The van der Waals surface area contributed by atoms with Crippen LogP contribution in [0.25, 0.3) is 0 Å². The van der Waals surface area contributed by atoms with Gasteiger partial charge in [0.1, 0.15) is 0 Å². The van der Waals surface area contributed by atoms with Crippen LogP contribution in [-0.2, 0) is 0 Å². The summed E-state index contributed by atoms with van der Waals surface area (Å²) in [6, 6.07) is 0. The molecule has 0 aromatic heterocycles. The Kier molecular flexibility index (Phi) is 3.61. The molecule has 2 heteroatoms. The second-order valence-electron chi connectivity index (χ2n) is 2.83. The van der Waals surface area contributed by atoms with Gasteiger partial charge in [0.15, 0.2) is 0 Å². The Balaban J connectivity index is 2.59. The van der Waals surface area contributed by atoms with Crippen molar-refractivity contribution in [1.82, 2.24) is 5.32 Å². The smallest absolute Gasteiger partial charge is 0.0790 e. The molecule has 0 saturated heterocycles. The van der Waals surface area contributed by atoms with Crippen LogP contribution in [0.3, 0.4) is 0 Å². The third-order valence-electron chi connectivity index (χ3n) is 1.80. The van der Waals surface area contributed by atoms with Gasteiger partial charge in [-0.05, 0) is 24.1 Å². The molecule has 1 rings (SSSR count). The van der Waals surface area contributed by atoms with E-state index in [2.05, 4.69) is 12.2 Å². The highest BCUT2D eigenvalue weighted by Gasteiger charge is 2.05. The van der Waals surface area contributed by atoms with Gasteiger partial charge in [-0.2, -0.15) is 0 Å². The van der Waals surface area contributed by atoms with Gasteiger partial charge in [0.25, 0.3) is 0 Å². The van der Waals surface area contributed by atoms with Crippen LogP contribution in [0.1, 0.15) is 19.8 Å². The largest absolute Gasteiger partial charge is 0.388 e. The van der Waals surface area contributed by atoms with Gasteiger partial charge < -0.3 is 10.4 Å². The summed E-state index contributed by atoms with van der Waals surface area (Å²) in [5, 5.41) is 12.6. The van der Waals surface area contributed by atoms with Gasteiger partial charge in [-0.1, -0.05) is 19.4 Å². The molecule has 0 radical (unpaired) electrons. The molecule has 1 heterocycles. The number of hydrogen-bond donors (Lipinski definition) is 2. The average molecular weight is 165 g/mol. The minimum atomic E-state index is -0.323. The van der Waals surface area contributed by atoms with Gasteiger partial charge in [0, 0.05) is 12.4 Å². The van der Waals surface area contributed by atoms with Crippen LogP contribution in [0.15, 0.2) is 36.2 Å². The molecule has 1 aliphatic heterocycles. The molecule has 66 valence electrons. The van der Waals surface area contributed by atoms with Crippen molar-refractivity contribution in [2.75, 3.05) is 0 Å². The molecular formula is C10H15NO. The normalized spacial score (nSPS) is 18.0. The zero-order valence-corrected chi connectivity index (χ0v) is 7.33. The Bertz CT molecular complexity index is 216. The summed E-state index contributed by atoms with van der Waals surface area (Å²) in [5.41, 5.74) is 0.970. The lowest BCUT2D eigenvalue weighted by atomic mass is 10.1. The maximum Gasteiger partial charge on any atom is 0.0790 e. The van der Waals surface area contributed by atoms with Gasteiger partial charge in [0.2, 0.25) is 0 Å². The molecule has 0 aliphatic carbocycles. The van der Waals surface area contributed by atoms with Gasteiger partial charge >= 0.3 is 0 Å². The number of aliphatic hydroxyl groups is 1. The highest BCUT2D eigenvalue weighted by atomic mass is 16.3. The van der Waals surface area contributed by atoms with E-state index in [9.17, 15) is 5.11 Å². The van der Waals surface area contributed by atoms with Crippen LogP contribution < -0.4 is 5.32 Å². The van der Waals surface area contributed by atoms with Crippen LogP contribution >= 0.6 is 0 Å². The molecule has 1 atom stereocenters. The fourth-order valence-corrected chi connectivity index (χ4v) is 1.13. The summed E-state index contributed by atoms with van der Waals surface area (Å²) in [5.74, 6) is 0. The Morgan fingerprint density at radius 2 is 2.33 bits per heavy atom. The van der Waals surface area contributed by atoms with E-state index in [4.69, 9.17) is 0 Å². The summed E-state index contributed by atoms with van der Waals surface area (Å²) >= 11 is 0. The Morgan fingerprint density at radius 3 is 3.08 bits per heavy atom. The molecular weight excluding hydrogens is 150 g/mol. The van der Waals surface area contributed by atoms with Crippen molar-refractivity contribution in [2.45, 2.75) is 25.9 Å². The Morgan fingerprint density at radius 1 is 1.50 bits per heavy atom.